The van der Waals surface area contributed by atoms with Crippen LogP contribution in [0.2, 0.25) is 5.02 Å². The van der Waals surface area contributed by atoms with Crippen molar-refractivity contribution >= 4 is 41.8 Å². The van der Waals surface area contributed by atoms with E-state index >= 15 is 0 Å². The molecule has 1 aromatic carbocycles. The second kappa shape index (κ2) is 6.51. The molecule has 0 aliphatic carbocycles. The number of hydrogen-bond donors (Lipinski definition) is 3. The van der Waals surface area contributed by atoms with Gasteiger partial charge in [-0.1, -0.05) is 36.0 Å². The Kier molecular flexibility index (Phi) is 4.72. The van der Waals surface area contributed by atoms with Crippen LogP contribution in [-0.2, 0) is 4.79 Å². The molecule has 0 unspecified atom stereocenters. The standard InChI is InChI=1S/C14H13ClN4OS/c1-17-14-18-12(8-2-4-9(15)5-3-8)11(13(21)19-14)10(16)6-7-20/h2-7H,16H2,1H3,(H2,17,18,19,21)/b10-6-. The van der Waals surface area contributed by atoms with E-state index in [1.54, 1.807) is 19.2 Å². The summed E-state index contributed by atoms with van der Waals surface area (Å²) >= 11 is 11.2. The lowest BCUT2D eigenvalue weighted by Crippen LogP contribution is -2.06. The van der Waals surface area contributed by atoms with Crippen molar-refractivity contribution < 1.29 is 4.79 Å². The predicted octanol–water partition coefficient (Wildman–Crippen LogP) is 3.00. The number of nitrogens with zero attached hydrogens (tertiary/aromatic N) is 1. The summed E-state index contributed by atoms with van der Waals surface area (Å²) in [5.74, 6) is 0.507. The van der Waals surface area contributed by atoms with E-state index in [1.165, 1.54) is 6.08 Å². The number of benzene rings is 1. The molecular formula is C14H13ClN4OS. The third-order valence-electron chi connectivity index (χ3n) is 2.83. The Morgan fingerprint density at radius 2 is 2.10 bits per heavy atom. The number of allylic oxidation sites excluding steroid dienone is 1. The first-order chi connectivity index (χ1) is 10.1. The molecule has 1 heterocycles. The van der Waals surface area contributed by atoms with Crippen molar-refractivity contribution in [3.05, 3.63) is 45.6 Å². The fraction of sp³-hybridized carbons (Fsp3) is 0.0714. The van der Waals surface area contributed by atoms with Crippen LogP contribution in [0, 0.1) is 4.64 Å². The minimum atomic E-state index is 0.256. The Morgan fingerprint density at radius 3 is 2.67 bits per heavy atom. The Balaban J connectivity index is 2.75. The van der Waals surface area contributed by atoms with Gasteiger partial charge < -0.3 is 16.0 Å². The monoisotopic (exact) mass is 320 g/mol. The van der Waals surface area contributed by atoms with Crippen LogP contribution in [0.1, 0.15) is 5.56 Å². The molecule has 2 rings (SSSR count). The highest BCUT2D eigenvalue weighted by Crippen LogP contribution is 2.27. The van der Waals surface area contributed by atoms with E-state index in [2.05, 4.69) is 15.3 Å². The number of H-pyrrole nitrogens is 1. The number of aldehydes is 1. The van der Waals surface area contributed by atoms with Gasteiger partial charge in [-0.2, -0.15) is 0 Å². The normalized spacial score (nSPS) is 11.2. The lowest BCUT2D eigenvalue weighted by molar-refractivity contribution is -0.104. The number of carbonyl (C=O) groups is 1. The Bertz CT molecular complexity index is 753. The average Bonchev–Trinajstić information content (AvgIpc) is 2.47. The van der Waals surface area contributed by atoms with Crippen LogP contribution >= 0.6 is 23.8 Å². The third kappa shape index (κ3) is 3.29. The van der Waals surface area contributed by atoms with Gasteiger partial charge in [-0.15, -0.1) is 0 Å². The number of nitrogens with one attached hydrogen (secondary N) is 2. The molecule has 2 aromatic rings. The Labute approximate surface area is 131 Å². The fourth-order valence-corrected chi connectivity index (χ4v) is 2.29. The number of anilines is 1. The van der Waals surface area contributed by atoms with Gasteiger partial charge in [0.25, 0.3) is 0 Å². The summed E-state index contributed by atoms with van der Waals surface area (Å²) in [5.41, 5.74) is 8.20. The van der Waals surface area contributed by atoms with Crippen LogP contribution in [0.3, 0.4) is 0 Å². The first-order valence-corrected chi connectivity index (χ1v) is 6.84. The van der Waals surface area contributed by atoms with Gasteiger partial charge in [-0.3, -0.25) is 4.79 Å². The van der Waals surface area contributed by atoms with E-state index in [1.807, 2.05) is 12.1 Å². The summed E-state index contributed by atoms with van der Waals surface area (Å²) < 4.78 is 0.304. The van der Waals surface area contributed by atoms with Gasteiger partial charge in [0.15, 0.2) is 0 Å². The molecule has 0 atom stereocenters. The quantitative estimate of drug-likeness (QED) is 0.458. The number of nitrogens with two attached hydrogens (primary N) is 1. The van der Waals surface area contributed by atoms with Crippen molar-refractivity contribution in [2.24, 2.45) is 5.73 Å². The third-order valence-corrected chi connectivity index (χ3v) is 3.37. The van der Waals surface area contributed by atoms with Crippen molar-refractivity contribution in [2.75, 3.05) is 12.4 Å². The van der Waals surface area contributed by atoms with Crippen LogP contribution in [0.15, 0.2) is 30.3 Å². The van der Waals surface area contributed by atoms with Gasteiger partial charge >= 0.3 is 0 Å². The summed E-state index contributed by atoms with van der Waals surface area (Å²) in [4.78, 5) is 18.0. The van der Waals surface area contributed by atoms with Gasteiger partial charge in [-0.05, 0) is 17.7 Å². The van der Waals surface area contributed by atoms with Crippen LogP contribution in [0.25, 0.3) is 17.0 Å². The molecule has 0 saturated heterocycles. The number of aromatic nitrogens is 2. The van der Waals surface area contributed by atoms with Crippen molar-refractivity contribution in [1.29, 1.82) is 0 Å². The van der Waals surface area contributed by atoms with Crippen molar-refractivity contribution in [3.63, 3.8) is 0 Å². The smallest absolute Gasteiger partial charge is 0.201 e. The first-order valence-electron chi connectivity index (χ1n) is 6.06. The van der Waals surface area contributed by atoms with E-state index < -0.39 is 0 Å². The molecule has 7 heteroatoms. The molecule has 0 radical (unpaired) electrons. The highest BCUT2D eigenvalue weighted by atomic mass is 35.5. The minimum absolute atomic E-state index is 0.256. The second-order valence-corrected chi connectivity index (χ2v) is 4.98. The van der Waals surface area contributed by atoms with Crippen molar-refractivity contribution in [2.45, 2.75) is 0 Å². The zero-order chi connectivity index (χ0) is 15.4. The summed E-state index contributed by atoms with van der Waals surface area (Å²) in [5, 5.41) is 3.52. The fourth-order valence-electron chi connectivity index (χ4n) is 1.85. The largest absolute Gasteiger partial charge is 0.398 e. The van der Waals surface area contributed by atoms with E-state index in [4.69, 9.17) is 29.6 Å². The number of rotatable bonds is 4. The van der Waals surface area contributed by atoms with Crippen LogP contribution in [-0.4, -0.2) is 23.3 Å². The molecule has 1 aromatic heterocycles. The number of hydrogen-bond acceptors (Lipinski definition) is 5. The molecule has 5 nitrogen and oxygen atoms in total. The molecule has 21 heavy (non-hydrogen) atoms. The minimum Gasteiger partial charge on any atom is -0.398 e. The van der Waals surface area contributed by atoms with E-state index in [0.717, 1.165) is 5.56 Å². The van der Waals surface area contributed by atoms with Crippen LogP contribution < -0.4 is 11.1 Å². The molecule has 0 aliphatic rings. The van der Waals surface area contributed by atoms with E-state index in [-0.39, 0.29) is 5.70 Å². The lowest BCUT2D eigenvalue weighted by Gasteiger charge is -2.12. The maximum atomic E-state index is 10.7. The zero-order valence-corrected chi connectivity index (χ0v) is 12.8. The van der Waals surface area contributed by atoms with E-state index in [0.29, 0.717) is 33.2 Å². The second-order valence-electron chi connectivity index (χ2n) is 4.16. The molecule has 0 aliphatic heterocycles. The van der Waals surface area contributed by atoms with Crippen LogP contribution in [0.4, 0.5) is 5.95 Å². The summed E-state index contributed by atoms with van der Waals surface area (Å²) in [6, 6.07) is 7.19. The molecule has 108 valence electrons. The van der Waals surface area contributed by atoms with E-state index in [9.17, 15) is 4.79 Å². The lowest BCUT2D eigenvalue weighted by atomic mass is 10.0. The highest BCUT2D eigenvalue weighted by molar-refractivity contribution is 7.71. The van der Waals surface area contributed by atoms with Gasteiger partial charge in [0.2, 0.25) is 5.95 Å². The summed E-state index contributed by atoms with van der Waals surface area (Å²) in [6.07, 6.45) is 1.86. The van der Waals surface area contributed by atoms with Gasteiger partial charge in [-0.25, -0.2) is 4.98 Å². The molecule has 4 N–H and O–H groups in total. The SMILES string of the molecule is CNc1nc(=S)c(/C(N)=C/C=O)c(-c2ccc(Cl)cc2)[nH]1. The maximum Gasteiger partial charge on any atom is 0.201 e. The van der Waals surface area contributed by atoms with Crippen molar-refractivity contribution in [3.8, 4) is 11.3 Å². The number of aromatic amines is 1. The van der Waals surface area contributed by atoms with Crippen molar-refractivity contribution in [1.82, 2.24) is 9.97 Å². The molecular weight excluding hydrogens is 308 g/mol. The number of halogens is 1. The zero-order valence-electron chi connectivity index (χ0n) is 11.2. The van der Waals surface area contributed by atoms with Crippen LogP contribution in [0.5, 0.6) is 0 Å². The molecule has 0 fully saturated rings. The topological polar surface area (TPSA) is 83.8 Å². The summed E-state index contributed by atoms with van der Waals surface area (Å²) in [6.45, 7) is 0. The maximum absolute atomic E-state index is 10.7. The van der Waals surface area contributed by atoms with Gasteiger partial charge in [0.05, 0.1) is 11.3 Å². The molecule has 0 spiro atoms. The predicted molar refractivity (Wildman–Crippen MR) is 87.6 cm³/mol. The van der Waals surface area contributed by atoms with Gasteiger partial charge in [0, 0.05) is 23.8 Å². The van der Waals surface area contributed by atoms with Gasteiger partial charge in [0.1, 0.15) is 10.9 Å². The Hall–Kier alpha value is -2.18. The molecule has 0 amide bonds. The first kappa shape index (κ1) is 15.2. The summed E-state index contributed by atoms with van der Waals surface area (Å²) in [7, 11) is 1.73. The molecule has 0 bridgehead atoms. The Morgan fingerprint density at radius 1 is 1.43 bits per heavy atom. The number of carbonyl (C=O) groups excluding carboxylic acids is 1. The molecule has 0 saturated carbocycles. The highest BCUT2D eigenvalue weighted by Gasteiger charge is 2.13. The average molecular weight is 321 g/mol.